The topological polar surface area (TPSA) is 128 Å². The minimum Gasteiger partial charge on any atom is -0.465 e. The maximum Gasteiger partial charge on any atom is 0.337 e. The van der Waals surface area contributed by atoms with Crippen LogP contribution in [0.2, 0.25) is 0 Å². The number of nitrogens with one attached hydrogen (secondary N) is 2. The van der Waals surface area contributed by atoms with Gasteiger partial charge in [0.05, 0.1) is 30.2 Å². The highest BCUT2D eigenvalue weighted by Gasteiger charge is 2.16. The molecule has 0 atom stereocenters. The fourth-order valence-corrected chi connectivity index (χ4v) is 4.06. The van der Waals surface area contributed by atoms with Crippen LogP contribution >= 0.6 is 0 Å². The molecule has 0 heterocycles. The third kappa shape index (κ3) is 7.69. The van der Waals surface area contributed by atoms with Gasteiger partial charge >= 0.3 is 11.9 Å². The molecule has 0 aliphatic rings. The van der Waals surface area contributed by atoms with Gasteiger partial charge in [0, 0.05) is 18.7 Å². The highest BCUT2D eigenvalue weighted by atomic mass is 32.2. The number of carbonyl (C=O) groups is 3. The fourth-order valence-electron chi connectivity index (χ4n) is 2.85. The highest BCUT2D eigenvalue weighted by Crippen LogP contribution is 2.18. The summed E-state index contributed by atoms with van der Waals surface area (Å²) < 4.78 is 36.4. The fraction of sp³-hybridized carbons (Fsp3) is 0.348. The van der Waals surface area contributed by atoms with Crippen LogP contribution in [0.3, 0.4) is 0 Å². The van der Waals surface area contributed by atoms with Crippen LogP contribution in [-0.2, 0) is 30.7 Å². The van der Waals surface area contributed by atoms with Gasteiger partial charge in [0.15, 0.2) is 0 Å². The third-order valence-corrected chi connectivity index (χ3v) is 6.05. The molecule has 0 radical (unpaired) electrons. The second kappa shape index (κ2) is 11.6. The summed E-state index contributed by atoms with van der Waals surface area (Å²) in [6.07, 6.45) is 0.472. The van der Waals surface area contributed by atoms with Crippen molar-refractivity contribution in [2.45, 2.75) is 31.6 Å². The second-order valence-electron chi connectivity index (χ2n) is 7.72. The first-order chi connectivity index (χ1) is 15.6. The van der Waals surface area contributed by atoms with Crippen LogP contribution in [0.4, 0.5) is 5.69 Å². The van der Waals surface area contributed by atoms with Crippen molar-refractivity contribution in [1.29, 1.82) is 0 Å². The molecule has 0 aliphatic carbocycles. The number of aryl methyl sites for hydroxylation is 1. The van der Waals surface area contributed by atoms with Gasteiger partial charge in [-0.05, 0) is 48.2 Å². The maximum absolute atomic E-state index is 12.4. The largest absolute Gasteiger partial charge is 0.465 e. The summed E-state index contributed by atoms with van der Waals surface area (Å²) >= 11 is 0. The van der Waals surface area contributed by atoms with Gasteiger partial charge in [0.2, 0.25) is 15.9 Å². The van der Waals surface area contributed by atoms with Crippen LogP contribution < -0.4 is 10.0 Å². The van der Waals surface area contributed by atoms with E-state index >= 15 is 0 Å². The lowest BCUT2D eigenvalue weighted by Gasteiger charge is -2.10. The molecule has 10 heteroatoms. The van der Waals surface area contributed by atoms with Crippen molar-refractivity contribution in [2.75, 3.05) is 26.1 Å². The molecule has 33 heavy (non-hydrogen) atoms. The van der Waals surface area contributed by atoms with E-state index in [1.807, 2.05) is 13.8 Å². The summed E-state index contributed by atoms with van der Waals surface area (Å²) in [6, 6.07) is 10.4. The van der Waals surface area contributed by atoms with E-state index in [0.717, 1.165) is 5.56 Å². The van der Waals surface area contributed by atoms with Gasteiger partial charge < -0.3 is 14.8 Å². The third-order valence-electron chi connectivity index (χ3n) is 4.61. The lowest BCUT2D eigenvalue weighted by molar-refractivity contribution is -0.116. The number of benzene rings is 2. The van der Waals surface area contributed by atoms with E-state index in [0.29, 0.717) is 13.0 Å². The Labute approximate surface area is 193 Å². The predicted octanol–water partition coefficient (Wildman–Crippen LogP) is 2.77. The van der Waals surface area contributed by atoms with Gasteiger partial charge in [-0.1, -0.05) is 26.0 Å². The Hall–Kier alpha value is -3.24. The molecule has 2 N–H and O–H groups in total. The molecule has 0 bridgehead atoms. The summed E-state index contributed by atoms with van der Waals surface area (Å²) in [4.78, 5) is 36.3. The van der Waals surface area contributed by atoms with Crippen LogP contribution in [0.5, 0.6) is 0 Å². The van der Waals surface area contributed by atoms with Gasteiger partial charge in [-0.2, -0.15) is 0 Å². The van der Waals surface area contributed by atoms with Crippen molar-refractivity contribution in [1.82, 2.24) is 4.72 Å². The molecule has 9 nitrogen and oxygen atoms in total. The van der Waals surface area contributed by atoms with Gasteiger partial charge in [-0.25, -0.2) is 22.7 Å². The van der Waals surface area contributed by atoms with Crippen LogP contribution in [0.25, 0.3) is 0 Å². The first kappa shape index (κ1) is 26.0. The molecular weight excluding hydrogens is 448 g/mol. The number of carbonyl (C=O) groups excluding carboxylic acids is 3. The number of ether oxygens (including phenoxy) is 2. The zero-order valence-electron chi connectivity index (χ0n) is 19.0. The van der Waals surface area contributed by atoms with Gasteiger partial charge in [0.25, 0.3) is 0 Å². The molecule has 0 saturated carbocycles. The van der Waals surface area contributed by atoms with Crippen LogP contribution in [0.1, 0.15) is 46.5 Å². The number of anilines is 1. The first-order valence-electron chi connectivity index (χ1n) is 10.3. The normalized spacial score (nSPS) is 11.2. The van der Waals surface area contributed by atoms with Crippen LogP contribution in [0.15, 0.2) is 47.4 Å². The molecule has 2 rings (SSSR count). The summed E-state index contributed by atoms with van der Waals surface area (Å²) in [5.74, 6) is -1.47. The monoisotopic (exact) mass is 476 g/mol. The quantitative estimate of drug-likeness (QED) is 0.505. The molecule has 0 unspecified atom stereocenters. The van der Waals surface area contributed by atoms with E-state index < -0.39 is 22.0 Å². The first-order valence-corrected chi connectivity index (χ1v) is 11.7. The summed E-state index contributed by atoms with van der Waals surface area (Å²) in [7, 11) is -1.15. The Morgan fingerprint density at radius 2 is 1.45 bits per heavy atom. The molecule has 2 aromatic rings. The van der Waals surface area contributed by atoms with Gasteiger partial charge in [-0.3, -0.25) is 4.79 Å². The van der Waals surface area contributed by atoms with E-state index in [1.54, 1.807) is 12.1 Å². The lowest BCUT2D eigenvalue weighted by atomic mass is 10.1. The Morgan fingerprint density at radius 1 is 0.909 bits per heavy atom. The van der Waals surface area contributed by atoms with Crippen LogP contribution in [-0.4, -0.2) is 47.0 Å². The van der Waals surface area contributed by atoms with Crippen molar-refractivity contribution in [3.05, 3.63) is 59.2 Å². The standard InChI is InChI=1S/C23H28N2O7S/c1-15(2)14-24-33(29,30)20-8-5-16(6-9-20)7-10-21(26)25-19-12-17(22(27)31-3)11-18(13-19)23(28)32-4/h5-6,8-9,11-13,15,24H,7,10,14H2,1-4H3,(H,25,26). The van der Waals surface area contributed by atoms with Gasteiger partial charge in [0.1, 0.15) is 0 Å². The number of esters is 2. The summed E-state index contributed by atoms with van der Waals surface area (Å²) in [6.45, 7) is 4.18. The molecule has 178 valence electrons. The average Bonchev–Trinajstić information content (AvgIpc) is 2.80. The average molecular weight is 477 g/mol. The van der Waals surface area contributed by atoms with Crippen LogP contribution in [0, 0.1) is 5.92 Å². The van der Waals surface area contributed by atoms with E-state index in [1.165, 1.54) is 44.6 Å². The molecule has 1 amide bonds. The Balaban J connectivity index is 2.04. The molecule has 2 aromatic carbocycles. The minimum absolute atomic E-state index is 0.0959. The van der Waals surface area contributed by atoms with E-state index in [-0.39, 0.29) is 40.0 Å². The van der Waals surface area contributed by atoms with E-state index in [9.17, 15) is 22.8 Å². The van der Waals surface area contributed by atoms with Gasteiger partial charge in [-0.15, -0.1) is 0 Å². The smallest absolute Gasteiger partial charge is 0.337 e. The Morgan fingerprint density at radius 3 is 1.94 bits per heavy atom. The number of sulfonamides is 1. The van der Waals surface area contributed by atoms with Crippen molar-refractivity contribution in [2.24, 2.45) is 5.92 Å². The summed E-state index contributed by atoms with van der Waals surface area (Å²) in [5, 5.41) is 2.65. The number of hydrogen-bond donors (Lipinski definition) is 2. The number of amides is 1. The molecule has 0 aromatic heterocycles. The number of methoxy groups -OCH3 is 2. The minimum atomic E-state index is -3.58. The lowest BCUT2D eigenvalue weighted by Crippen LogP contribution is -2.27. The van der Waals surface area contributed by atoms with E-state index in [4.69, 9.17) is 0 Å². The van der Waals surface area contributed by atoms with Crippen molar-refractivity contribution in [3.8, 4) is 0 Å². The predicted molar refractivity (Wildman–Crippen MR) is 123 cm³/mol. The number of hydrogen-bond acceptors (Lipinski definition) is 7. The molecule has 0 aliphatic heterocycles. The number of rotatable bonds is 10. The van der Waals surface area contributed by atoms with Crippen molar-refractivity contribution in [3.63, 3.8) is 0 Å². The Kier molecular flexibility index (Phi) is 9.12. The molecular formula is C23H28N2O7S. The molecule has 0 saturated heterocycles. The highest BCUT2D eigenvalue weighted by molar-refractivity contribution is 7.89. The SMILES string of the molecule is COC(=O)c1cc(NC(=O)CCc2ccc(S(=O)(=O)NCC(C)C)cc2)cc(C(=O)OC)c1. The maximum atomic E-state index is 12.4. The molecule has 0 spiro atoms. The summed E-state index contributed by atoms with van der Waals surface area (Å²) in [5.41, 5.74) is 1.23. The zero-order chi connectivity index (χ0) is 24.6. The zero-order valence-corrected chi connectivity index (χ0v) is 19.8. The van der Waals surface area contributed by atoms with E-state index in [2.05, 4.69) is 19.5 Å². The second-order valence-corrected chi connectivity index (χ2v) is 9.49. The molecule has 0 fully saturated rings. The van der Waals surface area contributed by atoms with Crippen molar-refractivity contribution >= 4 is 33.6 Å². The Bertz CT molecular complexity index is 1080. The van der Waals surface area contributed by atoms with Crippen molar-refractivity contribution < 1.29 is 32.3 Å².